The van der Waals surface area contributed by atoms with Gasteiger partial charge in [-0.25, -0.2) is 0 Å². The summed E-state index contributed by atoms with van der Waals surface area (Å²) in [6, 6.07) is 10.3. The summed E-state index contributed by atoms with van der Waals surface area (Å²) in [6.45, 7) is 4.47. The standard InChI is InChI=1S/C19H23BrN2O/c1-12(20)16-11-22-9-7-13(16)10-18(22)19(23)15-6-8-21-17-5-3-2-4-14(15)17/h2-6,8,12-13,16,18-19,23H,7,9-11H2,1H3/t12-,13+,16-,18+,19+/m0/s1. The topological polar surface area (TPSA) is 36.4 Å². The van der Waals surface area contributed by atoms with Crippen molar-refractivity contribution in [2.45, 2.75) is 36.7 Å². The van der Waals surface area contributed by atoms with Gasteiger partial charge in [-0.3, -0.25) is 9.88 Å². The number of rotatable bonds is 3. The van der Waals surface area contributed by atoms with Gasteiger partial charge >= 0.3 is 0 Å². The molecule has 5 rings (SSSR count). The number of aliphatic hydroxyl groups excluding tert-OH is 1. The Bertz CT molecular complexity index is 699. The maximum absolute atomic E-state index is 11.1. The van der Waals surface area contributed by atoms with Crippen LogP contribution in [-0.2, 0) is 0 Å². The number of aliphatic hydroxyl groups is 1. The van der Waals surface area contributed by atoms with Gasteiger partial charge in [0.2, 0.25) is 0 Å². The minimum absolute atomic E-state index is 0.238. The van der Waals surface area contributed by atoms with Crippen molar-refractivity contribution in [3.05, 3.63) is 42.1 Å². The molecule has 4 heterocycles. The van der Waals surface area contributed by atoms with E-state index in [0.29, 0.717) is 10.7 Å². The van der Waals surface area contributed by atoms with E-state index in [2.05, 4.69) is 38.8 Å². The number of nitrogens with zero attached hydrogens (tertiary/aromatic N) is 2. The van der Waals surface area contributed by atoms with Crippen LogP contribution in [0.15, 0.2) is 36.5 Å². The average Bonchev–Trinajstić information content (AvgIpc) is 2.60. The van der Waals surface area contributed by atoms with Crippen LogP contribution in [0.3, 0.4) is 0 Å². The van der Waals surface area contributed by atoms with Gasteiger partial charge in [0.1, 0.15) is 0 Å². The fourth-order valence-electron chi connectivity index (χ4n) is 4.54. The summed E-state index contributed by atoms with van der Waals surface area (Å²) in [5.74, 6) is 1.43. The number of alkyl halides is 1. The van der Waals surface area contributed by atoms with Crippen LogP contribution < -0.4 is 0 Å². The van der Waals surface area contributed by atoms with Crippen molar-refractivity contribution in [2.75, 3.05) is 13.1 Å². The third-order valence-electron chi connectivity index (χ3n) is 5.81. The second-order valence-corrected chi connectivity index (χ2v) is 8.49. The van der Waals surface area contributed by atoms with E-state index in [1.54, 1.807) is 0 Å². The summed E-state index contributed by atoms with van der Waals surface area (Å²) in [4.78, 5) is 7.48. The average molecular weight is 375 g/mol. The lowest BCUT2D eigenvalue weighted by Gasteiger charge is -2.52. The van der Waals surface area contributed by atoms with Crippen LogP contribution in [0.25, 0.3) is 10.9 Å². The highest BCUT2D eigenvalue weighted by molar-refractivity contribution is 9.09. The molecule has 23 heavy (non-hydrogen) atoms. The van der Waals surface area contributed by atoms with E-state index in [1.165, 1.54) is 6.42 Å². The minimum Gasteiger partial charge on any atom is -0.387 e. The van der Waals surface area contributed by atoms with Crippen molar-refractivity contribution < 1.29 is 5.11 Å². The zero-order valence-corrected chi connectivity index (χ0v) is 15.0. The summed E-state index contributed by atoms with van der Waals surface area (Å²) in [7, 11) is 0. The van der Waals surface area contributed by atoms with Crippen LogP contribution in [0.2, 0.25) is 0 Å². The van der Waals surface area contributed by atoms with E-state index in [4.69, 9.17) is 0 Å². The number of para-hydroxylation sites is 1. The Balaban J connectivity index is 1.64. The predicted octanol–water partition coefficient (Wildman–Crippen LogP) is 3.76. The Morgan fingerprint density at radius 1 is 1.30 bits per heavy atom. The van der Waals surface area contributed by atoms with E-state index in [-0.39, 0.29) is 6.04 Å². The molecule has 3 aliphatic heterocycles. The molecule has 0 saturated carbocycles. The lowest BCUT2D eigenvalue weighted by Crippen LogP contribution is -2.56. The molecule has 3 nitrogen and oxygen atoms in total. The van der Waals surface area contributed by atoms with Crippen LogP contribution in [0, 0.1) is 11.8 Å². The van der Waals surface area contributed by atoms with Crippen LogP contribution in [-0.4, -0.2) is 38.9 Å². The quantitative estimate of drug-likeness (QED) is 0.830. The molecule has 0 spiro atoms. The monoisotopic (exact) mass is 374 g/mol. The van der Waals surface area contributed by atoms with E-state index in [0.717, 1.165) is 41.9 Å². The van der Waals surface area contributed by atoms with Crippen molar-refractivity contribution >= 4 is 26.8 Å². The normalized spacial score (nSPS) is 32.8. The SMILES string of the molecule is C[C@H](Br)[C@@H]1CN2CC[C@@H]1C[C@@H]2[C@H](O)c1ccnc2ccccc12. The van der Waals surface area contributed by atoms with Gasteiger partial charge in [-0.15, -0.1) is 0 Å². The van der Waals surface area contributed by atoms with Crippen LogP contribution in [0.5, 0.6) is 0 Å². The highest BCUT2D eigenvalue weighted by atomic mass is 79.9. The van der Waals surface area contributed by atoms with E-state index in [1.807, 2.05) is 30.5 Å². The molecule has 0 radical (unpaired) electrons. The smallest absolute Gasteiger partial charge is 0.0952 e. The molecule has 3 saturated heterocycles. The number of hydrogen-bond acceptors (Lipinski definition) is 3. The summed E-state index contributed by atoms with van der Waals surface area (Å²) in [5.41, 5.74) is 1.99. The number of halogens is 1. The maximum atomic E-state index is 11.1. The summed E-state index contributed by atoms with van der Waals surface area (Å²) in [6.07, 6.45) is 3.75. The van der Waals surface area contributed by atoms with Gasteiger partial charge in [-0.2, -0.15) is 0 Å². The molecule has 2 bridgehead atoms. The molecule has 1 aromatic heterocycles. The molecule has 0 aliphatic carbocycles. The number of aromatic nitrogens is 1. The van der Waals surface area contributed by atoms with E-state index < -0.39 is 6.10 Å². The second kappa shape index (κ2) is 6.15. The predicted molar refractivity (Wildman–Crippen MR) is 96.7 cm³/mol. The molecule has 1 aromatic carbocycles. The molecule has 1 unspecified atom stereocenters. The lowest BCUT2D eigenvalue weighted by molar-refractivity contribution is -0.0544. The van der Waals surface area contributed by atoms with Gasteiger partial charge in [0, 0.05) is 29.0 Å². The Morgan fingerprint density at radius 2 is 2.13 bits per heavy atom. The highest BCUT2D eigenvalue weighted by Crippen LogP contribution is 2.43. The first-order chi connectivity index (χ1) is 11.1. The fraction of sp³-hybridized carbons (Fsp3) is 0.526. The van der Waals surface area contributed by atoms with Crippen molar-refractivity contribution in [3.63, 3.8) is 0 Å². The summed E-state index contributed by atoms with van der Waals surface area (Å²) >= 11 is 3.77. The van der Waals surface area contributed by atoms with E-state index in [9.17, 15) is 5.11 Å². The fourth-order valence-corrected chi connectivity index (χ4v) is 5.14. The summed E-state index contributed by atoms with van der Waals surface area (Å²) < 4.78 is 0. The number of pyridine rings is 1. The van der Waals surface area contributed by atoms with Gasteiger partial charge in [-0.1, -0.05) is 41.1 Å². The third-order valence-corrected chi connectivity index (χ3v) is 6.49. The van der Waals surface area contributed by atoms with Gasteiger partial charge in [0.25, 0.3) is 0 Å². The Hall–Kier alpha value is -0.970. The van der Waals surface area contributed by atoms with Gasteiger partial charge < -0.3 is 5.11 Å². The number of benzene rings is 1. The number of hydrogen-bond donors (Lipinski definition) is 1. The second-order valence-electron chi connectivity index (χ2n) is 7.05. The lowest BCUT2D eigenvalue weighted by atomic mass is 9.72. The van der Waals surface area contributed by atoms with Crippen LogP contribution >= 0.6 is 15.9 Å². The highest BCUT2D eigenvalue weighted by Gasteiger charge is 2.44. The van der Waals surface area contributed by atoms with Crippen molar-refractivity contribution in [1.82, 2.24) is 9.88 Å². The van der Waals surface area contributed by atoms with Crippen molar-refractivity contribution in [3.8, 4) is 0 Å². The molecule has 2 aromatic rings. The molecule has 3 aliphatic rings. The van der Waals surface area contributed by atoms with E-state index >= 15 is 0 Å². The zero-order chi connectivity index (χ0) is 16.0. The Labute approximate surface area is 145 Å². The first-order valence-corrected chi connectivity index (χ1v) is 9.46. The minimum atomic E-state index is -0.433. The largest absolute Gasteiger partial charge is 0.387 e. The molecule has 3 fully saturated rings. The summed E-state index contributed by atoms with van der Waals surface area (Å²) in [5, 5.41) is 12.2. The first kappa shape index (κ1) is 15.6. The number of fused-ring (bicyclic) bond motifs is 4. The molecule has 122 valence electrons. The van der Waals surface area contributed by atoms with Crippen molar-refractivity contribution in [1.29, 1.82) is 0 Å². The molecule has 4 heteroatoms. The Kier molecular flexibility index (Phi) is 4.16. The Morgan fingerprint density at radius 3 is 2.87 bits per heavy atom. The first-order valence-electron chi connectivity index (χ1n) is 8.55. The number of piperidine rings is 3. The molecule has 1 N–H and O–H groups in total. The molecule has 6 atom stereocenters. The molecular weight excluding hydrogens is 352 g/mol. The van der Waals surface area contributed by atoms with Gasteiger partial charge in [-0.05, 0) is 48.9 Å². The van der Waals surface area contributed by atoms with Gasteiger partial charge in [0.05, 0.1) is 11.6 Å². The van der Waals surface area contributed by atoms with Crippen LogP contribution in [0.4, 0.5) is 0 Å². The van der Waals surface area contributed by atoms with Gasteiger partial charge in [0.15, 0.2) is 0 Å². The zero-order valence-electron chi connectivity index (χ0n) is 13.4. The molecule has 0 amide bonds. The third kappa shape index (κ3) is 2.71. The van der Waals surface area contributed by atoms with Crippen molar-refractivity contribution in [2.24, 2.45) is 11.8 Å². The maximum Gasteiger partial charge on any atom is 0.0952 e. The van der Waals surface area contributed by atoms with Crippen LogP contribution in [0.1, 0.15) is 31.4 Å². The molecular formula is C19H23BrN2O.